The molecule has 0 atom stereocenters. The van der Waals surface area contributed by atoms with Gasteiger partial charge in [-0.05, 0) is 19.8 Å². The van der Waals surface area contributed by atoms with Crippen LogP contribution in [-0.4, -0.2) is 23.3 Å². The first-order valence-corrected chi connectivity index (χ1v) is 5.83. The van der Waals surface area contributed by atoms with E-state index in [9.17, 15) is 0 Å². The van der Waals surface area contributed by atoms with E-state index in [0.29, 0.717) is 31.5 Å². The van der Waals surface area contributed by atoms with E-state index >= 15 is 0 Å². The average Bonchev–Trinajstić information content (AvgIpc) is 2.79. The molecular weight excluding hydrogens is 206 g/mol. The highest BCUT2D eigenvalue weighted by Crippen LogP contribution is 2.29. The fourth-order valence-corrected chi connectivity index (χ4v) is 1.65. The first kappa shape index (κ1) is 13.1. The van der Waals surface area contributed by atoms with Crippen molar-refractivity contribution in [2.24, 2.45) is 5.73 Å². The highest BCUT2D eigenvalue weighted by molar-refractivity contribution is 5.05. The summed E-state index contributed by atoms with van der Waals surface area (Å²) in [6.45, 7) is 7.67. The smallest absolute Gasteiger partial charge is 0.234 e. The van der Waals surface area contributed by atoms with E-state index in [0.717, 1.165) is 12.8 Å². The summed E-state index contributed by atoms with van der Waals surface area (Å²) in [5, 5.41) is 3.90. The van der Waals surface area contributed by atoms with Gasteiger partial charge in [0.2, 0.25) is 5.89 Å². The zero-order chi connectivity index (χ0) is 12.0. The van der Waals surface area contributed by atoms with E-state index in [1.165, 1.54) is 0 Å². The molecule has 0 saturated heterocycles. The van der Waals surface area contributed by atoms with Crippen LogP contribution in [-0.2, 0) is 16.8 Å². The highest BCUT2D eigenvalue weighted by atomic mass is 16.5. The molecule has 0 aliphatic rings. The molecule has 0 aliphatic carbocycles. The van der Waals surface area contributed by atoms with Crippen molar-refractivity contribution < 1.29 is 9.26 Å². The van der Waals surface area contributed by atoms with E-state index in [2.05, 4.69) is 24.0 Å². The van der Waals surface area contributed by atoms with Gasteiger partial charge in [0.25, 0.3) is 0 Å². The highest BCUT2D eigenvalue weighted by Gasteiger charge is 2.33. The lowest BCUT2D eigenvalue weighted by Crippen LogP contribution is -2.34. The zero-order valence-electron chi connectivity index (χ0n) is 10.3. The Morgan fingerprint density at radius 2 is 2.00 bits per heavy atom. The summed E-state index contributed by atoms with van der Waals surface area (Å²) in [4.78, 5) is 4.35. The van der Waals surface area contributed by atoms with Crippen LogP contribution in [0.5, 0.6) is 0 Å². The second-order valence-corrected chi connectivity index (χ2v) is 3.84. The quantitative estimate of drug-likeness (QED) is 0.766. The summed E-state index contributed by atoms with van der Waals surface area (Å²) < 4.78 is 10.5. The molecule has 0 radical (unpaired) electrons. The van der Waals surface area contributed by atoms with Crippen LogP contribution < -0.4 is 5.73 Å². The van der Waals surface area contributed by atoms with Crippen molar-refractivity contribution >= 4 is 0 Å². The van der Waals surface area contributed by atoms with Gasteiger partial charge in [-0.2, -0.15) is 4.98 Å². The fraction of sp³-hybridized carbons (Fsp3) is 0.818. The number of hydrogen-bond donors (Lipinski definition) is 1. The van der Waals surface area contributed by atoms with E-state index in [4.69, 9.17) is 15.0 Å². The van der Waals surface area contributed by atoms with E-state index in [1.54, 1.807) is 0 Å². The molecule has 1 aromatic heterocycles. The van der Waals surface area contributed by atoms with Gasteiger partial charge in [-0.25, -0.2) is 0 Å². The molecule has 5 heteroatoms. The van der Waals surface area contributed by atoms with Gasteiger partial charge in [0, 0.05) is 13.2 Å². The molecule has 0 bridgehead atoms. The van der Waals surface area contributed by atoms with Crippen LogP contribution in [0.4, 0.5) is 0 Å². The third kappa shape index (κ3) is 2.59. The lowest BCUT2D eigenvalue weighted by Gasteiger charge is -2.24. The summed E-state index contributed by atoms with van der Waals surface area (Å²) in [6.07, 6.45) is 1.80. The van der Waals surface area contributed by atoms with Crippen molar-refractivity contribution in [3.05, 3.63) is 11.7 Å². The lowest BCUT2D eigenvalue weighted by atomic mass is 9.82. The molecule has 16 heavy (non-hydrogen) atoms. The number of nitrogens with zero attached hydrogens (tertiary/aromatic N) is 2. The SMILES string of the molecule is CCOCc1noc(C(CC)(CC)CN)n1. The Balaban J connectivity index is 2.81. The van der Waals surface area contributed by atoms with Crippen molar-refractivity contribution in [2.45, 2.75) is 45.6 Å². The fourth-order valence-electron chi connectivity index (χ4n) is 1.65. The normalized spacial score (nSPS) is 12.0. The molecule has 0 spiro atoms. The molecule has 1 heterocycles. The van der Waals surface area contributed by atoms with Gasteiger partial charge in [0.15, 0.2) is 5.82 Å². The second-order valence-electron chi connectivity index (χ2n) is 3.84. The summed E-state index contributed by atoms with van der Waals surface area (Å²) >= 11 is 0. The molecular formula is C11H21N3O2. The number of hydrogen-bond acceptors (Lipinski definition) is 5. The molecule has 0 fully saturated rings. The molecule has 0 saturated carbocycles. The molecule has 5 nitrogen and oxygen atoms in total. The van der Waals surface area contributed by atoms with Crippen molar-refractivity contribution in [3.8, 4) is 0 Å². The Kier molecular flexibility index (Phi) is 4.89. The third-order valence-electron chi connectivity index (χ3n) is 3.10. The van der Waals surface area contributed by atoms with Crippen molar-refractivity contribution in [1.82, 2.24) is 10.1 Å². The maximum atomic E-state index is 5.81. The molecule has 0 unspecified atom stereocenters. The predicted molar refractivity (Wildman–Crippen MR) is 60.9 cm³/mol. The first-order valence-electron chi connectivity index (χ1n) is 5.83. The van der Waals surface area contributed by atoms with Gasteiger partial charge in [0.1, 0.15) is 6.61 Å². The maximum Gasteiger partial charge on any atom is 0.234 e. The largest absolute Gasteiger partial charge is 0.374 e. The van der Waals surface area contributed by atoms with Crippen LogP contribution in [0.15, 0.2) is 4.52 Å². The van der Waals surface area contributed by atoms with E-state index in [1.807, 2.05) is 6.92 Å². The topological polar surface area (TPSA) is 74.2 Å². The summed E-state index contributed by atoms with van der Waals surface area (Å²) in [5.74, 6) is 1.23. The third-order valence-corrected chi connectivity index (χ3v) is 3.10. The molecule has 0 aliphatic heterocycles. The van der Waals surface area contributed by atoms with Gasteiger partial charge in [-0.3, -0.25) is 0 Å². The van der Waals surface area contributed by atoms with Crippen molar-refractivity contribution in [3.63, 3.8) is 0 Å². The Labute approximate surface area is 96.4 Å². The molecule has 92 valence electrons. The molecule has 0 amide bonds. The Morgan fingerprint density at radius 3 is 2.50 bits per heavy atom. The number of ether oxygens (including phenoxy) is 1. The Bertz CT molecular complexity index is 300. The minimum Gasteiger partial charge on any atom is -0.374 e. The van der Waals surface area contributed by atoms with E-state index < -0.39 is 0 Å². The molecule has 1 rings (SSSR count). The molecule has 1 aromatic rings. The summed E-state index contributed by atoms with van der Waals surface area (Å²) in [6, 6.07) is 0. The van der Waals surface area contributed by atoms with Crippen molar-refractivity contribution in [1.29, 1.82) is 0 Å². The van der Waals surface area contributed by atoms with Crippen LogP contribution in [0.1, 0.15) is 45.3 Å². The minimum atomic E-state index is -0.183. The average molecular weight is 227 g/mol. The summed E-state index contributed by atoms with van der Waals surface area (Å²) in [5.41, 5.74) is 5.63. The van der Waals surface area contributed by atoms with Crippen LogP contribution in [0.25, 0.3) is 0 Å². The van der Waals surface area contributed by atoms with Crippen molar-refractivity contribution in [2.75, 3.05) is 13.2 Å². The standard InChI is InChI=1S/C11H21N3O2/c1-4-11(5-2,8-12)10-13-9(14-16-10)7-15-6-3/h4-8,12H2,1-3H3. The monoisotopic (exact) mass is 227 g/mol. The number of rotatable bonds is 7. The Hall–Kier alpha value is -0.940. The molecule has 2 N–H and O–H groups in total. The second kappa shape index (κ2) is 5.96. The number of aromatic nitrogens is 2. The van der Waals surface area contributed by atoms with Gasteiger partial charge in [0.05, 0.1) is 5.41 Å². The Morgan fingerprint density at radius 1 is 1.31 bits per heavy atom. The van der Waals surface area contributed by atoms with Gasteiger partial charge < -0.3 is 15.0 Å². The maximum absolute atomic E-state index is 5.81. The lowest BCUT2D eigenvalue weighted by molar-refractivity contribution is 0.126. The number of nitrogens with two attached hydrogens (primary N) is 1. The van der Waals surface area contributed by atoms with Gasteiger partial charge >= 0.3 is 0 Å². The van der Waals surface area contributed by atoms with Crippen LogP contribution in [0.2, 0.25) is 0 Å². The van der Waals surface area contributed by atoms with E-state index in [-0.39, 0.29) is 5.41 Å². The minimum absolute atomic E-state index is 0.183. The van der Waals surface area contributed by atoms with Crippen LogP contribution in [0, 0.1) is 0 Å². The van der Waals surface area contributed by atoms with Crippen LogP contribution >= 0.6 is 0 Å². The molecule has 0 aromatic carbocycles. The first-order chi connectivity index (χ1) is 7.72. The van der Waals surface area contributed by atoms with Gasteiger partial charge in [-0.15, -0.1) is 0 Å². The zero-order valence-corrected chi connectivity index (χ0v) is 10.3. The van der Waals surface area contributed by atoms with Crippen LogP contribution in [0.3, 0.4) is 0 Å². The predicted octanol–water partition coefficient (Wildman–Crippen LogP) is 1.62. The summed E-state index contributed by atoms with van der Waals surface area (Å²) in [7, 11) is 0. The van der Waals surface area contributed by atoms with Gasteiger partial charge in [-0.1, -0.05) is 19.0 Å².